The zero-order chi connectivity index (χ0) is 28.0. The van der Waals surface area contributed by atoms with Gasteiger partial charge < -0.3 is 9.80 Å². The number of hydrogen-bond donors (Lipinski definition) is 0. The topological polar surface area (TPSA) is 73.8 Å². The Morgan fingerprint density at radius 2 is 1.57 bits per heavy atom. The number of carbonyl (C=O) groups excluding carboxylic acids is 1. The maximum Gasteiger partial charge on any atom is 0.255 e. The molecule has 2 atom stereocenters. The van der Waals surface area contributed by atoms with Gasteiger partial charge in [0, 0.05) is 44.3 Å². The normalized spacial score (nSPS) is 22.1. The van der Waals surface area contributed by atoms with E-state index < -0.39 is 15.8 Å². The molecule has 1 aromatic heterocycles. The lowest BCUT2D eigenvalue weighted by molar-refractivity contribution is 0.0717. The molecule has 11 heteroatoms. The van der Waals surface area contributed by atoms with E-state index >= 15 is 0 Å². The first-order valence-corrected chi connectivity index (χ1v) is 15.7. The van der Waals surface area contributed by atoms with Crippen molar-refractivity contribution < 1.29 is 17.6 Å². The third kappa shape index (κ3) is 5.20. The number of sulfonamides is 1. The summed E-state index contributed by atoms with van der Waals surface area (Å²) in [5.74, 6) is 0.0980. The summed E-state index contributed by atoms with van der Waals surface area (Å²) in [6.45, 7) is 1.73. The van der Waals surface area contributed by atoms with E-state index in [1.807, 2.05) is 18.2 Å². The van der Waals surface area contributed by atoms with Crippen molar-refractivity contribution in [3.8, 4) is 0 Å². The summed E-state index contributed by atoms with van der Waals surface area (Å²) in [7, 11) is -3.76. The first kappa shape index (κ1) is 27.4. The highest BCUT2D eigenvalue weighted by Gasteiger charge is 2.43. The number of likely N-dealkylation sites (tertiary alicyclic amines) is 1. The predicted octanol–water partition coefficient (Wildman–Crippen LogP) is 5.59. The number of hydrogen-bond acceptors (Lipinski definition) is 5. The SMILES string of the molecule is O=C(c1ccc(F)cc1Cl)N1CC2CCC(C1)N2c1cc(S(=O)(=O)N2CCC(c3ccccc3)CC2)cc(Cl)n1. The fourth-order valence-electron chi connectivity index (χ4n) is 6.32. The Kier molecular flexibility index (Phi) is 7.50. The molecule has 1 amide bonds. The molecule has 4 heterocycles. The van der Waals surface area contributed by atoms with Crippen molar-refractivity contribution in [2.45, 2.75) is 48.6 Å². The van der Waals surface area contributed by atoms with Gasteiger partial charge >= 0.3 is 0 Å². The molecule has 7 nitrogen and oxygen atoms in total. The van der Waals surface area contributed by atoms with Gasteiger partial charge in [-0.15, -0.1) is 0 Å². The number of pyridine rings is 1. The van der Waals surface area contributed by atoms with Gasteiger partial charge in [-0.3, -0.25) is 4.79 Å². The maximum atomic E-state index is 13.7. The van der Waals surface area contributed by atoms with E-state index in [4.69, 9.17) is 23.2 Å². The molecular weight excluding hydrogens is 574 g/mol. The standard InChI is InChI=1S/C29H29Cl2FN4O3S/c30-26-14-21(32)6-9-25(26)29(37)34-17-22-7-8-23(18-34)36(22)28-16-24(15-27(31)33-28)40(38,39)35-12-10-20(11-13-35)19-4-2-1-3-5-19/h1-6,9,14-16,20,22-23H,7-8,10-13,17-18H2. The van der Waals surface area contributed by atoms with Gasteiger partial charge in [0.15, 0.2) is 0 Å². The third-order valence-corrected chi connectivity index (χ3v) is 10.7. The summed E-state index contributed by atoms with van der Waals surface area (Å²) in [6, 6.07) is 16.9. The zero-order valence-electron chi connectivity index (χ0n) is 21.7. The molecule has 3 aliphatic rings. The summed E-state index contributed by atoms with van der Waals surface area (Å²) >= 11 is 12.5. The highest BCUT2D eigenvalue weighted by atomic mass is 35.5. The van der Waals surface area contributed by atoms with Crippen LogP contribution in [0.3, 0.4) is 0 Å². The molecule has 3 saturated heterocycles. The molecule has 0 aliphatic carbocycles. The smallest absolute Gasteiger partial charge is 0.255 e. The Bertz CT molecular complexity index is 1520. The Balaban J connectivity index is 1.19. The van der Waals surface area contributed by atoms with Crippen LogP contribution in [0.1, 0.15) is 47.5 Å². The first-order chi connectivity index (χ1) is 19.2. The first-order valence-electron chi connectivity index (χ1n) is 13.5. The molecule has 0 saturated carbocycles. The van der Waals surface area contributed by atoms with Crippen LogP contribution < -0.4 is 4.90 Å². The van der Waals surface area contributed by atoms with Gasteiger partial charge in [-0.05, 0) is 61.4 Å². The summed E-state index contributed by atoms with van der Waals surface area (Å²) < 4.78 is 42.4. The van der Waals surface area contributed by atoms with Crippen LogP contribution in [0.15, 0.2) is 65.6 Å². The molecular formula is C29H29Cl2FN4O3S. The molecule has 40 heavy (non-hydrogen) atoms. The minimum Gasteiger partial charge on any atom is -0.347 e. The number of anilines is 1. The second-order valence-corrected chi connectivity index (χ2v) is 13.4. The van der Waals surface area contributed by atoms with Crippen LogP contribution in [0.25, 0.3) is 0 Å². The molecule has 2 aromatic carbocycles. The molecule has 210 valence electrons. The van der Waals surface area contributed by atoms with Crippen molar-refractivity contribution in [1.29, 1.82) is 0 Å². The van der Waals surface area contributed by atoms with Crippen molar-refractivity contribution in [1.82, 2.24) is 14.2 Å². The monoisotopic (exact) mass is 602 g/mol. The van der Waals surface area contributed by atoms with E-state index in [0.29, 0.717) is 37.9 Å². The van der Waals surface area contributed by atoms with Crippen molar-refractivity contribution >= 4 is 45.0 Å². The number of aromatic nitrogens is 1. The lowest BCUT2D eigenvalue weighted by atomic mass is 9.90. The average Bonchev–Trinajstić information content (AvgIpc) is 3.22. The van der Waals surface area contributed by atoms with E-state index in [9.17, 15) is 17.6 Å². The van der Waals surface area contributed by atoms with Crippen LogP contribution in [-0.4, -0.2) is 66.8 Å². The molecule has 3 aromatic rings. The van der Waals surface area contributed by atoms with Crippen LogP contribution in [0.4, 0.5) is 10.2 Å². The second kappa shape index (κ2) is 10.9. The van der Waals surface area contributed by atoms with Crippen LogP contribution in [-0.2, 0) is 10.0 Å². The number of benzene rings is 2. The van der Waals surface area contributed by atoms with Crippen LogP contribution in [0.2, 0.25) is 10.2 Å². The highest BCUT2D eigenvalue weighted by molar-refractivity contribution is 7.89. The Labute approximate surface area is 243 Å². The lowest BCUT2D eigenvalue weighted by Crippen LogP contribution is -2.55. The highest BCUT2D eigenvalue weighted by Crippen LogP contribution is 2.37. The number of rotatable bonds is 5. The number of amides is 1. The van der Waals surface area contributed by atoms with Gasteiger partial charge in [0.05, 0.1) is 15.5 Å². The van der Waals surface area contributed by atoms with Crippen LogP contribution >= 0.6 is 23.2 Å². The van der Waals surface area contributed by atoms with Crippen LogP contribution in [0.5, 0.6) is 0 Å². The Hall–Kier alpha value is -2.72. The molecule has 2 bridgehead atoms. The minimum atomic E-state index is -3.76. The van der Waals surface area contributed by atoms with Gasteiger partial charge in [0.25, 0.3) is 5.91 Å². The number of piperidine rings is 1. The van der Waals surface area contributed by atoms with Crippen molar-refractivity contribution in [2.24, 2.45) is 0 Å². The fourth-order valence-corrected chi connectivity index (χ4v) is 8.34. The fraction of sp³-hybridized carbons (Fsp3) is 0.379. The predicted molar refractivity (Wildman–Crippen MR) is 153 cm³/mol. The third-order valence-electron chi connectivity index (χ3n) is 8.31. The van der Waals surface area contributed by atoms with Gasteiger partial charge in [-0.2, -0.15) is 4.31 Å². The number of fused-ring (bicyclic) bond motifs is 2. The number of carbonyl (C=O) groups is 1. The van der Waals surface area contributed by atoms with Crippen LogP contribution in [0, 0.1) is 5.82 Å². The van der Waals surface area contributed by atoms with Gasteiger partial charge in [-0.25, -0.2) is 17.8 Å². The zero-order valence-corrected chi connectivity index (χ0v) is 24.0. The maximum absolute atomic E-state index is 13.7. The number of nitrogens with zero attached hydrogens (tertiary/aromatic N) is 4. The van der Waals surface area contributed by atoms with E-state index in [1.165, 1.54) is 23.8 Å². The van der Waals surface area contributed by atoms with E-state index in [2.05, 4.69) is 22.0 Å². The van der Waals surface area contributed by atoms with Gasteiger partial charge in [0.2, 0.25) is 10.0 Å². The second-order valence-electron chi connectivity index (χ2n) is 10.7. The Morgan fingerprint density at radius 1 is 0.900 bits per heavy atom. The van der Waals surface area contributed by atoms with Crippen molar-refractivity contribution in [2.75, 3.05) is 31.1 Å². The van der Waals surface area contributed by atoms with Gasteiger partial charge in [0.1, 0.15) is 16.8 Å². The lowest BCUT2D eigenvalue weighted by Gasteiger charge is -2.42. The molecule has 0 spiro atoms. The summed E-state index contributed by atoms with van der Waals surface area (Å²) in [6.07, 6.45) is 3.17. The van der Waals surface area contributed by atoms with E-state index in [1.54, 1.807) is 15.3 Å². The number of halogens is 3. The average molecular weight is 604 g/mol. The van der Waals surface area contributed by atoms with E-state index in [-0.39, 0.29) is 38.6 Å². The minimum absolute atomic E-state index is 0.0509. The summed E-state index contributed by atoms with van der Waals surface area (Å²) in [5.41, 5.74) is 1.50. The van der Waals surface area contributed by atoms with E-state index in [0.717, 1.165) is 31.7 Å². The molecule has 0 radical (unpaired) electrons. The largest absolute Gasteiger partial charge is 0.347 e. The summed E-state index contributed by atoms with van der Waals surface area (Å²) in [5, 5.41) is 0.199. The van der Waals surface area contributed by atoms with Crippen molar-refractivity contribution in [3.05, 3.63) is 87.8 Å². The molecule has 3 aliphatic heterocycles. The number of piperazine rings is 1. The Morgan fingerprint density at radius 3 is 2.23 bits per heavy atom. The quantitative estimate of drug-likeness (QED) is 0.356. The molecule has 2 unspecified atom stereocenters. The summed E-state index contributed by atoms with van der Waals surface area (Å²) in [4.78, 5) is 21.7. The van der Waals surface area contributed by atoms with Crippen molar-refractivity contribution in [3.63, 3.8) is 0 Å². The molecule has 0 N–H and O–H groups in total. The molecule has 3 fully saturated rings. The molecule has 6 rings (SSSR count). The van der Waals surface area contributed by atoms with Gasteiger partial charge in [-0.1, -0.05) is 53.5 Å².